The van der Waals surface area contributed by atoms with E-state index in [9.17, 15) is 53.3 Å². The van der Waals surface area contributed by atoms with Crippen molar-refractivity contribution in [3.05, 3.63) is 46.0 Å². The van der Waals surface area contributed by atoms with Crippen LogP contribution in [0.5, 0.6) is 0 Å². The van der Waals surface area contributed by atoms with Crippen molar-refractivity contribution in [3.63, 3.8) is 0 Å². The Morgan fingerprint density at radius 1 is 0.720 bits per heavy atom. The minimum absolute atomic E-state index is 0.00473. The first-order valence-corrected chi connectivity index (χ1v) is 26.3. The number of hydrogen-bond donors (Lipinski definition) is 11. The Hall–Kier alpha value is -5.34. The molecular formula is C35H49N15O22P3+. The van der Waals surface area contributed by atoms with Crippen molar-refractivity contribution >= 4 is 74.7 Å². The maximum absolute atomic E-state index is 13.3. The maximum Gasteiger partial charge on any atom is 0.490 e. The van der Waals surface area contributed by atoms with E-state index in [1.165, 1.54) is 58.5 Å². The van der Waals surface area contributed by atoms with Crippen LogP contribution in [0, 0.1) is 5.92 Å². The molecule has 3 saturated heterocycles. The molecule has 0 aromatic carbocycles. The summed E-state index contributed by atoms with van der Waals surface area (Å²) in [6, 6.07) is 0. The first-order chi connectivity index (χ1) is 35.5. The number of aromatic nitrogens is 12. The Kier molecular flexibility index (Phi) is 15.4. The molecule has 4 unspecified atom stereocenters. The number of aliphatic hydroxyl groups excluding tert-OH is 3. The van der Waals surface area contributed by atoms with Crippen molar-refractivity contribution in [2.75, 3.05) is 64.6 Å². The van der Waals surface area contributed by atoms with Gasteiger partial charge in [-0.05, 0) is 0 Å². The van der Waals surface area contributed by atoms with Gasteiger partial charge in [0, 0.05) is 20.1 Å². The van der Waals surface area contributed by atoms with Gasteiger partial charge < -0.3 is 80.4 Å². The van der Waals surface area contributed by atoms with E-state index in [1.807, 2.05) is 0 Å². The topological polar surface area (TPSA) is 514 Å². The number of nitrogen functional groups attached to an aromatic ring is 3. The van der Waals surface area contributed by atoms with E-state index in [-0.39, 0.29) is 57.8 Å². The average Bonchev–Trinajstić information content (AvgIpc) is 4.19. The van der Waals surface area contributed by atoms with E-state index >= 15 is 0 Å². The first kappa shape index (κ1) is 54.4. The molecule has 40 heteroatoms. The number of phosphoric ester groups is 2. The molecule has 0 spiro atoms. The molecule has 6 aromatic rings. The number of methoxy groups -OCH3 is 2. The molecule has 0 amide bonds. The van der Waals surface area contributed by atoms with E-state index in [0.717, 1.165) is 6.33 Å². The largest absolute Gasteiger partial charge is 0.490 e. The highest BCUT2D eigenvalue weighted by Crippen LogP contribution is 2.68. The summed E-state index contributed by atoms with van der Waals surface area (Å²) in [6.07, 6.45) is -9.87. The third-order valence-corrected chi connectivity index (χ3v) is 16.3. The molecule has 9 heterocycles. The summed E-state index contributed by atoms with van der Waals surface area (Å²) in [5.74, 6) is -1.48. The lowest BCUT2D eigenvalue weighted by molar-refractivity contribution is -0.745. The van der Waals surface area contributed by atoms with Crippen LogP contribution in [-0.4, -0.2) is 180 Å². The van der Waals surface area contributed by atoms with Crippen molar-refractivity contribution in [2.45, 2.75) is 67.5 Å². The average molecular weight is 1120 g/mol. The molecule has 37 nitrogen and oxygen atoms in total. The van der Waals surface area contributed by atoms with Crippen LogP contribution in [0.15, 0.2) is 34.9 Å². The van der Waals surface area contributed by atoms with Crippen LogP contribution < -0.4 is 32.9 Å². The number of rotatable bonds is 21. The second kappa shape index (κ2) is 21.2. The zero-order valence-corrected chi connectivity index (χ0v) is 41.7. The molecule has 0 aliphatic carbocycles. The van der Waals surface area contributed by atoms with Crippen molar-refractivity contribution in [3.8, 4) is 0 Å². The summed E-state index contributed by atoms with van der Waals surface area (Å²) in [7, 11) is -13.5. The monoisotopic (exact) mass is 1120 g/mol. The Labute approximate surface area is 417 Å². The molecule has 9 rings (SSSR count). The minimum atomic E-state index is -6.07. The fraction of sp³-hybridized carbons (Fsp3) is 0.571. The van der Waals surface area contributed by atoms with E-state index in [0.29, 0.717) is 0 Å². The molecule has 3 fully saturated rings. The van der Waals surface area contributed by atoms with Gasteiger partial charge in [0.05, 0.1) is 52.2 Å². The predicted molar refractivity (Wildman–Crippen MR) is 243 cm³/mol. The summed E-state index contributed by atoms with van der Waals surface area (Å²) in [4.78, 5) is 85.7. The van der Waals surface area contributed by atoms with Crippen LogP contribution in [0.25, 0.3) is 33.5 Å². The highest BCUT2D eigenvalue weighted by atomic mass is 31.3. The fourth-order valence-corrected chi connectivity index (χ4v) is 12.3. The first-order valence-electron chi connectivity index (χ1n) is 21.8. The number of hydrogen-bond acceptors (Lipinski definition) is 28. The van der Waals surface area contributed by atoms with Gasteiger partial charge in [-0.3, -0.25) is 42.3 Å². The summed E-state index contributed by atoms with van der Waals surface area (Å²) in [5, 5.41) is 33.0. The highest BCUT2D eigenvalue weighted by molar-refractivity contribution is 7.66. The zero-order valence-electron chi connectivity index (χ0n) is 39.0. The summed E-state index contributed by atoms with van der Waals surface area (Å²) in [5.41, 5.74) is 16.4. The molecule has 0 radical (unpaired) electrons. The molecule has 75 heavy (non-hydrogen) atoms. The normalized spacial score (nSPS) is 29.6. The lowest BCUT2D eigenvalue weighted by Gasteiger charge is -2.24. The van der Waals surface area contributed by atoms with Gasteiger partial charge in [0.2, 0.25) is 17.7 Å². The van der Waals surface area contributed by atoms with Gasteiger partial charge in [-0.2, -0.15) is 13.6 Å². The number of ether oxygens (including phenoxy) is 7. The highest BCUT2D eigenvalue weighted by Gasteiger charge is 2.52. The molecule has 3 aliphatic rings. The van der Waals surface area contributed by atoms with E-state index in [1.54, 1.807) is 0 Å². The van der Waals surface area contributed by atoms with Crippen LogP contribution in [0.3, 0.4) is 0 Å². The van der Waals surface area contributed by atoms with Crippen LogP contribution in [0.4, 0.5) is 17.7 Å². The third-order valence-electron chi connectivity index (χ3n) is 12.1. The molecule has 0 saturated carbocycles. The lowest BCUT2D eigenvalue weighted by atomic mass is 9.99. The Bertz CT molecular complexity index is 3340. The van der Waals surface area contributed by atoms with Crippen molar-refractivity contribution in [2.24, 2.45) is 13.0 Å². The Morgan fingerprint density at radius 3 is 2.05 bits per heavy atom. The molecule has 6 aromatic heterocycles. The van der Waals surface area contributed by atoms with Gasteiger partial charge in [-0.25, -0.2) is 38.2 Å². The van der Waals surface area contributed by atoms with Gasteiger partial charge in [0.25, 0.3) is 17.1 Å². The number of anilines is 3. The summed E-state index contributed by atoms with van der Waals surface area (Å²) in [6.45, 7) is -3.20. The Morgan fingerprint density at radius 2 is 1.36 bits per heavy atom. The van der Waals surface area contributed by atoms with Crippen LogP contribution in [0.2, 0.25) is 0 Å². The van der Waals surface area contributed by atoms with Gasteiger partial charge in [0.1, 0.15) is 61.4 Å². The van der Waals surface area contributed by atoms with Gasteiger partial charge in [-0.15, -0.1) is 0 Å². The predicted octanol–water partition coefficient (Wildman–Crippen LogP) is -3.95. The summed E-state index contributed by atoms with van der Waals surface area (Å²) < 4.78 is 104. The van der Waals surface area contributed by atoms with Crippen molar-refractivity contribution < 1.29 is 99.1 Å². The standard InChI is InChI=1S/C35H48N15O22P3/c1-47-11-50(28-19(47)30(55)46-35(38)44-28)31-20(51)13(4-62-2)14(68-31)6-66-73(56,57)71-75(60,61)72-74(58,59)67-7-16-23(24(63-3)33(70-16)48-9-41-17-25(36)39-8-40-26(17)48)65-12-64-5-15-21(52)22(53)32(69-15)49-10-42-18-27(49)43-34(37)45-29(18)54/h8-11,13-16,20-24,31-33,51-53H,4-7,12H2,1-3H3,(H10-,36,37,38,39,40,43,44,45,46,54,55,56,57,58,59,60,61)/p+1/t13-,14-,15-,16?,20-,21-,22-,23-,24-,31-,32-,33-/m1/s1. The number of nitrogens with one attached hydrogen (secondary N) is 2. The number of phosphoric acid groups is 3. The van der Waals surface area contributed by atoms with Crippen molar-refractivity contribution in [1.29, 1.82) is 0 Å². The smallest absolute Gasteiger partial charge is 0.387 e. The molecule has 0 bridgehead atoms. The Balaban J connectivity index is 0.843. The summed E-state index contributed by atoms with van der Waals surface area (Å²) >= 11 is 0. The molecule has 15 atom stereocenters. The fourth-order valence-electron chi connectivity index (χ4n) is 8.79. The number of aromatic amines is 2. The maximum atomic E-state index is 13.3. The van der Waals surface area contributed by atoms with Gasteiger partial charge in [0.15, 0.2) is 41.4 Å². The number of aryl methyl sites for hydroxylation is 1. The number of H-pyrrole nitrogens is 2. The number of aliphatic hydroxyl groups is 3. The van der Waals surface area contributed by atoms with Crippen LogP contribution >= 0.6 is 23.5 Å². The molecule has 3 aliphatic heterocycles. The van der Waals surface area contributed by atoms with E-state index in [4.69, 9.17) is 59.4 Å². The van der Waals surface area contributed by atoms with Gasteiger partial charge >= 0.3 is 29.1 Å². The quantitative estimate of drug-likeness (QED) is 0.0142. The lowest BCUT2D eigenvalue weighted by Crippen LogP contribution is -2.45. The molecule has 14 N–H and O–H groups in total. The number of nitrogens with zero attached hydrogens (tertiary/aromatic N) is 10. The van der Waals surface area contributed by atoms with Gasteiger partial charge in [-0.1, -0.05) is 4.98 Å². The molecular weight excluding hydrogens is 1080 g/mol. The number of imidazole rings is 3. The number of nitrogens with two attached hydrogens (primary N) is 3. The number of fused-ring (bicyclic) bond motifs is 3. The SMILES string of the molecule is COC[C@H]1[C@@H](O)[C@H]([n+]2cn(C)c3c(=O)[nH]c(N)nc32)O[C@@H]1COP(=O)(O)OP(=O)(O)OP(=O)(O)OCC1O[C@@H](n2cnc3c(N)ncnc32)[C@H](OC)[C@@H]1OCOC[C@H]1O[C@@H](n2cnc3c(=O)[nH]c(N)nc32)[C@H](O)[C@@H]1O. The molecule has 410 valence electrons. The zero-order chi connectivity index (χ0) is 53.9. The van der Waals surface area contributed by atoms with E-state index in [2.05, 4.69) is 48.5 Å². The van der Waals surface area contributed by atoms with E-state index < -0.39 is 135 Å². The van der Waals surface area contributed by atoms with Crippen molar-refractivity contribution in [1.82, 2.24) is 53.6 Å². The van der Waals surface area contributed by atoms with Crippen LogP contribution in [-0.2, 0) is 71.6 Å². The second-order valence-electron chi connectivity index (χ2n) is 16.9. The minimum Gasteiger partial charge on any atom is -0.387 e. The third kappa shape index (κ3) is 11.0. The second-order valence-corrected chi connectivity index (χ2v) is 21.5. The van der Waals surface area contributed by atoms with Crippen LogP contribution in [0.1, 0.15) is 18.7 Å².